The number of amides is 1. The number of aromatic nitrogens is 2. The normalized spacial score (nSPS) is 10.8. The molecule has 1 amide bonds. The van der Waals surface area contributed by atoms with E-state index >= 15 is 0 Å². The van der Waals surface area contributed by atoms with Gasteiger partial charge in [0.25, 0.3) is 5.91 Å². The standard InChI is InChI=1S/C24H20F2N4OS/c1-14-7-8-16(23-28-29-24(32-23)30(2)3)13-18(14)15-9-11-17(12-10-15)27-22(31)21-19(25)5-4-6-20(21)26/h4-13H,1-3H3,(H,27,31). The van der Waals surface area contributed by atoms with E-state index in [4.69, 9.17) is 0 Å². The fourth-order valence-corrected chi connectivity index (χ4v) is 3.98. The van der Waals surface area contributed by atoms with Crippen LogP contribution >= 0.6 is 11.3 Å². The summed E-state index contributed by atoms with van der Waals surface area (Å²) in [6.45, 7) is 2.01. The van der Waals surface area contributed by atoms with Crippen LogP contribution in [0.5, 0.6) is 0 Å². The number of nitrogens with one attached hydrogen (secondary N) is 1. The van der Waals surface area contributed by atoms with Crippen molar-refractivity contribution in [2.75, 3.05) is 24.3 Å². The van der Waals surface area contributed by atoms with Crippen molar-refractivity contribution in [1.29, 1.82) is 0 Å². The van der Waals surface area contributed by atoms with Crippen LogP contribution in [0.25, 0.3) is 21.7 Å². The van der Waals surface area contributed by atoms with Crippen LogP contribution in [0, 0.1) is 18.6 Å². The lowest BCUT2D eigenvalue weighted by atomic mass is 9.98. The highest BCUT2D eigenvalue weighted by atomic mass is 32.1. The molecule has 0 aliphatic carbocycles. The molecule has 0 saturated carbocycles. The van der Waals surface area contributed by atoms with Crippen LogP contribution in [0.4, 0.5) is 19.6 Å². The minimum atomic E-state index is -0.902. The van der Waals surface area contributed by atoms with Gasteiger partial charge >= 0.3 is 0 Å². The van der Waals surface area contributed by atoms with Gasteiger partial charge in [-0.1, -0.05) is 41.7 Å². The average molecular weight is 451 g/mol. The lowest BCUT2D eigenvalue weighted by Crippen LogP contribution is -2.15. The van der Waals surface area contributed by atoms with Gasteiger partial charge in [0.1, 0.15) is 22.2 Å². The summed E-state index contributed by atoms with van der Waals surface area (Å²) >= 11 is 1.51. The Kier molecular flexibility index (Phi) is 5.96. The third-order valence-corrected chi connectivity index (χ3v) is 6.07. The van der Waals surface area contributed by atoms with Gasteiger partial charge in [0.15, 0.2) is 0 Å². The van der Waals surface area contributed by atoms with Crippen LogP contribution in [0.2, 0.25) is 0 Å². The van der Waals surface area contributed by atoms with Gasteiger partial charge < -0.3 is 10.2 Å². The quantitative estimate of drug-likeness (QED) is 0.419. The van der Waals surface area contributed by atoms with Crippen molar-refractivity contribution in [2.45, 2.75) is 6.92 Å². The first kappa shape index (κ1) is 21.6. The minimum absolute atomic E-state index is 0.440. The SMILES string of the molecule is Cc1ccc(-c2nnc(N(C)C)s2)cc1-c1ccc(NC(=O)c2c(F)cccc2F)cc1. The van der Waals surface area contributed by atoms with Gasteiger partial charge in [-0.15, -0.1) is 10.2 Å². The van der Waals surface area contributed by atoms with Gasteiger partial charge in [0.2, 0.25) is 5.13 Å². The van der Waals surface area contributed by atoms with Crippen molar-refractivity contribution in [1.82, 2.24) is 10.2 Å². The summed E-state index contributed by atoms with van der Waals surface area (Å²) in [6.07, 6.45) is 0. The molecule has 1 N–H and O–H groups in total. The fourth-order valence-electron chi connectivity index (χ4n) is 3.22. The number of aryl methyl sites for hydroxylation is 1. The summed E-state index contributed by atoms with van der Waals surface area (Å²) in [5.41, 5.74) is 3.84. The highest BCUT2D eigenvalue weighted by Crippen LogP contribution is 2.33. The molecule has 0 radical (unpaired) electrons. The zero-order chi connectivity index (χ0) is 22.8. The monoisotopic (exact) mass is 450 g/mol. The van der Waals surface area contributed by atoms with Crippen LogP contribution in [-0.2, 0) is 0 Å². The summed E-state index contributed by atoms with van der Waals surface area (Å²) in [5, 5.41) is 12.7. The molecule has 0 atom stereocenters. The summed E-state index contributed by atoms with van der Waals surface area (Å²) < 4.78 is 27.7. The Morgan fingerprint density at radius 2 is 1.59 bits per heavy atom. The second kappa shape index (κ2) is 8.84. The second-order valence-electron chi connectivity index (χ2n) is 7.44. The van der Waals surface area contributed by atoms with Crippen LogP contribution in [0.1, 0.15) is 15.9 Å². The summed E-state index contributed by atoms with van der Waals surface area (Å²) in [5.74, 6) is -2.64. The van der Waals surface area contributed by atoms with E-state index in [2.05, 4.69) is 21.6 Å². The largest absolute Gasteiger partial charge is 0.353 e. The maximum Gasteiger partial charge on any atom is 0.261 e. The Morgan fingerprint density at radius 3 is 2.22 bits per heavy atom. The van der Waals surface area contributed by atoms with Crippen LogP contribution < -0.4 is 10.2 Å². The van der Waals surface area contributed by atoms with E-state index in [-0.39, 0.29) is 0 Å². The van der Waals surface area contributed by atoms with E-state index in [1.54, 1.807) is 12.1 Å². The minimum Gasteiger partial charge on any atom is -0.353 e. The third-order valence-electron chi connectivity index (χ3n) is 4.93. The molecule has 1 heterocycles. The van der Waals surface area contributed by atoms with E-state index in [0.29, 0.717) is 5.69 Å². The Hall–Kier alpha value is -3.65. The molecule has 3 aromatic carbocycles. The fraction of sp³-hybridized carbons (Fsp3) is 0.125. The smallest absolute Gasteiger partial charge is 0.261 e. The average Bonchev–Trinajstić information content (AvgIpc) is 3.25. The number of hydrogen-bond donors (Lipinski definition) is 1. The van der Waals surface area contributed by atoms with Crippen LogP contribution in [-0.4, -0.2) is 30.2 Å². The molecule has 0 bridgehead atoms. The molecule has 4 aromatic rings. The van der Waals surface area contributed by atoms with Gasteiger partial charge in [-0.3, -0.25) is 4.79 Å². The number of rotatable bonds is 5. The van der Waals surface area contributed by atoms with E-state index in [9.17, 15) is 13.6 Å². The third kappa shape index (κ3) is 4.36. The first-order valence-electron chi connectivity index (χ1n) is 9.81. The Balaban J connectivity index is 1.58. The van der Waals surface area contributed by atoms with Crippen LogP contribution in [0.15, 0.2) is 60.7 Å². The second-order valence-corrected chi connectivity index (χ2v) is 8.40. The number of halogens is 2. The number of carbonyl (C=O) groups is 1. The number of benzene rings is 3. The summed E-state index contributed by atoms with van der Waals surface area (Å²) in [7, 11) is 3.84. The van der Waals surface area contributed by atoms with E-state index < -0.39 is 23.1 Å². The lowest BCUT2D eigenvalue weighted by Gasteiger charge is -2.10. The Bertz CT molecular complexity index is 1270. The van der Waals surface area contributed by atoms with Crippen molar-refractivity contribution in [3.8, 4) is 21.7 Å². The molecule has 0 aliphatic rings. The molecule has 4 rings (SSSR count). The predicted octanol–water partition coefficient (Wildman–Crippen LogP) is 5.78. The number of nitrogens with zero attached hydrogens (tertiary/aromatic N) is 3. The van der Waals surface area contributed by atoms with Crippen molar-refractivity contribution < 1.29 is 13.6 Å². The number of carbonyl (C=O) groups excluding carboxylic acids is 1. The van der Waals surface area contributed by atoms with E-state index in [0.717, 1.165) is 44.5 Å². The molecule has 0 aliphatic heterocycles. The number of hydrogen-bond acceptors (Lipinski definition) is 5. The molecular formula is C24H20F2N4OS. The van der Waals surface area contributed by atoms with Crippen molar-refractivity contribution >= 4 is 28.1 Å². The maximum atomic E-state index is 13.8. The topological polar surface area (TPSA) is 58.1 Å². The van der Waals surface area contributed by atoms with E-state index in [1.165, 1.54) is 17.4 Å². The van der Waals surface area contributed by atoms with Crippen LogP contribution in [0.3, 0.4) is 0 Å². The molecular weight excluding hydrogens is 430 g/mol. The summed E-state index contributed by atoms with van der Waals surface area (Å²) in [4.78, 5) is 14.2. The molecule has 1 aromatic heterocycles. The Labute approximate surface area is 188 Å². The van der Waals surface area contributed by atoms with Crippen molar-refractivity contribution in [2.24, 2.45) is 0 Å². The molecule has 162 valence electrons. The molecule has 0 unspecified atom stereocenters. The molecule has 5 nitrogen and oxygen atoms in total. The zero-order valence-corrected chi connectivity index (χ0v) is 18.5. The summed E-state index contributed by atoms with van der Waals surface area (Å²) in [6, 6.07) is 16.5. The zero-order valence-electron chi connectivity index (χ0n) is 17.7. The van der Waals surface area contributed by atoms with Gasteiger partial charge in [-0.25, -0.2) is 8.78 Å². The maximum absolute atomic E-state index is 13.8. The van der Waals surface area contributed by atoms with Gasteiger partial charge in [0.05, 0.1) is 0 Å². The van der Waals surface area contributed by atoms with E-state index in [1.807, 2.05) is 50.2 Å². The van der Waals surface area contributed by atoms with Crippen molar-refractivity contribution in [3.63, 3.8) is 0 Å². The van der Waals surface area contributed by atoms with Gasteiger partial charge in [-0.2, -0.15) is 0 Å². The molecule has 0 fully saturated rings. The number of anilines is 2. The molecule has 8 heteroatoms. The Morgan fingerprint density at radius 1 is 0.938 bits per heavy atom. The molecule has 32 heavy (non-hydrogen) atoms. The highest BCUT2D eigenvalue weighted by molar-refractivity contribution is 7.18. The van der Waals surface area contributed by atoms with Gasteiger partial charge in [-0.05, 0) is 53.9 Å². The molecule has 0 spiro atoms. The lowest BCUT2D eigenvalue weighted by molar-refractivity contribution is 0.101. The van der Waals surface area contributed by atoms with Gasteiger partial charge in [0, 0.05) is 25.3 Å². The predicted molar refractivity (Wildman–Crippen MR) is 124 cm³/mol. The van der Waals surface area contributed by atoms with Crippen molar-refractivity contribution in [3.05, 3.63) is 83.4 Å². The first-order chi connectivity index (χ1) is 15.3. The molecule has 0 saturated heterocycles. The first-order valence-corrected chi connectivity index (χ1v) is 10.6. The highest BCUT2D eigenvalue weighted by Gasteiger charge is 2.17.